The summed E-state index contributed by atoms with van der Waals surface area (Å²) in [7, 11) is 1.45. The quantitative estimate of drug-likeness (QED) is 0.364. The molecule has 0 aliphatic carbocycles. The fourth-order valence-electron chi connectivity index (χ4n) is 4.30. The van der Waals surface area contributed by atoms with Gasteiger partial charge >= 0.3 is 0 Å². The third-order valence-corrected chi connectivity index (χ3v) is 6.24. The van der Waals surface area contributed by atoms with Gasteiger partial charge in [0.05, 0.1) is 31.5 Å². The highest BCUT2D eigenvalue weighted by molar-refractivity contribution is 5.94. The number of anilines is 3. The van der Waals surface area contributed by atoms with Crippen LogP contribution in [0.25, 0.3) is 27.7 Å². The molecule has 6 rings (SSSR count). The summed E-state index contributed by atoms with van der Waals surface area (Å²) in [6.07, 6.45) is 3.47. The van der Waals surface area contributed by atoms with Gasteiger partial charge in [-0.3, -0.25) is 0 Å². The number of fused-ring (bicyclic) bond motifs is 1. The van der Waals surface area contributed by atoms with E-state index in [0.717, 1.165) is 40.9 Å². The van der Waals surface area contributed by atoms with Crippen LogP contribution in [-0.4, -0.2) is 58.1 Å². The largest absolute Gasteiger partial charge is 0.494 e. The molecule has 37 heavy (non-hydrogen) atoms. The van der Waals surface area contributed by atoms with Crippen LogP contribution in [0.15, 0.2) is 73.2 Å². The number of aromatic nitrogens is 5. The van der Waals surface area contributed by atoms with E-state index in [9.17, 15) is 4.39 Å². The zero-order chi connectivity index (χ0) is 25.2. The maximum atomic E-state index is 14.4. The molecule has 9 nitrogen and oxygen atoms in total. The molecule has 0 atom stereocenters. The van der Waals surface area contributed by atoms with Crippen LogP contribution < -0.4 is 15.0 Å². The maximum absolute atomic E-state index is 14.4. The van der Waals surface area contributed by atoms with E-state index in [0.29, 0.717) is 30.7 Å². The molecule has 1 aliphatic heterocycles. The summed E-state index contributed by atoms with van der Waals surface area (Å²) in [6, 6.07) is 18.4. The van der Waals surface area contributed by atoms with Gasteiger partial charge in [0, 0.05) is 35.9 Å². The second-order valence-electron chi connectivity index (χ2n) is 8.55. The topological polar surface area (TPSA) is 90.2 Å². The van der Waals surface area contributed by atoms with Gasteiger partial charge in [-0.15, -0.1) is 5.10 Å². The number of nitrogens with zero attached hydrogens (tertiary/aromatic N) is 6. The van der Waals surface area contributed by atoms with Gasteiger partial charge in [-0.05, 0) is 42.0 Å². The summed E-state index contributed by atoms with van der Waals surface area (Å²) in [5, 5.41) is 8.72. The minimum Gasteiger partial charge on any atom is -0.494 e. The minimum absolute atomic E-state index is 0.202. The molecule has 0 bridgehead atoms. The van der Waals surface area contributed by atoms with Crippen molar-refractivity contribution < 1.29 is 13.9 Å². The Kier molecular flexibility index (Phi) is 6.07. The summed E-state index contributed by atoms with van der Waals surface area (Å²) in [5.74, 6) is 0.918. The van der Waals surface area contributed by atoms with Crippen molar-refractivity contribution in [2.45, 2.75) is 0 Å². The van der Waals surface area contributed by atoms with Gasteiger partial charge in [0.25, 0.3) is 0 Å². The average molecular weight is 498 g/mol. The highest BCUT2D eigenvalue weighted by Crippen LogP contribution is 2.31. The standard InChI is InChI=1S/C27H24FN7O2/c1-36-24-10-5-18(15-23(24)28)22-4-2-3-19-16-29-26(32-25(19)22)31-20-6-8-21(9-7-20)35-17-30-27(33-35)34-11-13-37-14-12-34/h2-10,15-17H,11-14H2,1H3,(H,29,31,32). The van der Waals surface area contributed by atoms with Gasteiger partial charge in [0.15, 0.2) is 11.6 Å². The van der Waals surface area contributed by atoms with Gasteiger partial charge < -0.3 is 19.7 Å². The lowest BCUT2D eigenvalue weighted by Gasteiger charge is -2.25. The van der Waals surface area contributed by atoms with Crippen molar-refractivity contribution in [1.82, 2.24) is 24.7 Å². The summed E-state index contributed by atoms with van der Waals surface area (Å²) in [4.78, 5) is 15.7. The lowest BCUT2D eigenvalue weighted by Crippen LogP contribution is -2.37. The van der Waals surface area contributed by atoms with E-state index in [4.69, 9.17) is 14.5 Å². The number of hydrogen-bond donors (Lipinski definition) is 1. The van der Waals surface area contributed by atoms with Crippen molar-refractivity contribution in [3.8, 4) is 22.6 Å². The molecule has 1 aliphatic rings. The molecule has 1 saturated heterocycles. The second kappa shape index (κ2) is 9.82. The molecule has 10 heteroatoms. The van der Waals surface area contributed by atoms with Crippen molar-refractivity contribution in [2.75, 3.05) is 43.6 Å². The first-order valence-corrected chi connectivity index (χ1v) is 11.9. The van der Waals surface area contributed by atoms with Crippen LogP contribution in [-0.2, 0) is 4.74 Å². The smallest absolute Gasteiger partial charge is 0.245 e. The number of rotatable bonds is 6. The molecule has 0 unspecified atom stereocenters. The van der Waals surface area contributed by atoms with Gasteiger partial charge in [-0.2, -0.15) is 4.98 Å². The summed E-state index contributed by atoms with van der Waals surface area (Å²) in [6.45, 7) is 2.94. The number of ether oxygens (including phenoxy) is 2. The molecule has 0 spiro atoms. The fourth-order valence-corrected chi connectivity index (χ4v) is 4.30. The van der Waals surface area contributed by atoms with Crippen LogP contribution in [0.3, 0.4) is 0 Å². The molecule has 5 aromatic rings. The Morgan fingerprint density at radius 2 is 1.84 bits per heavy atom. The zero-order valence-corrected chi connectivity index (χ0v) is 20.1. The molecule has 186 valence electrons. The number of hydrogen-bond acceptors (Lipinski definition) is 8. The van der Waals surface area contributed by atoms with Gasteiger partial charge in [-0.1, -0.05) is 24.3 Å². The van der Waals surface area contributed by atoms with Crippen molar-refractivity contribution >= 4 is 28.5 Å². The van der Waals surface area contributed by atoms with E-state index in [-0.39, 0.29) is 5.75 Å². The van der Waals surface area contributed by atoms with Gasteiger partial charge in [-0.25, -0.2) is 19.0 Å². The fraction of sp³-hybridized carbons (Fsp3) is 0.185. The monoisotopic (exact) mass is 497 g/mol. The molecule has 3 heterocycles. The first-order valence-electron chi connectivity index (χ1n) is 11.9. The Hall–Kier alpha value is -4.57. The first-order chi connectivity index (χ1) is 18.2. The SMILES string of the molecule is COc1ccc(-c2cccc3cnc(Nc4ccc(-n5cnc(N6CCOCC6)n5)cc4)nc23)cc1F. The van der Waals surface area contributed by atoms with Crippen molar-refractivity contribution in [3.63, 3.8) is 0 Å². The van der Waals surface area contributed by atoms with Crippen molar-refractivity contribution in [1.29, 1.82) is 0 Å². The Labute approximate surface area is 212 Å². The highest BCUT2D eigenvalue weighted by atomic mass is 19.1. The first kappa shape index (κ1) is 22.9. The van der Waals surface area contributed by atoms with E-state index in [1.54, 1.807) is 23.3 Å². The molecule has 2 aromatic heterocycles. The van der Waals surface area contributed by atoms with Crippen molar-refractivity contribution in [2.24, 2.45) is 0 Å². The Bertz CT molecular complexity index is 1550. The van der Waals surface area contributed by atoms with Crippen LogP contribution in [0.1, 0.15) is 0 Å². The minimum atomic E-state index is -0.422. The zero-order valence-electron chi connectivity index (χ0n) is 20.1. The predicted molar refractivity (Wildman–Crippen MR) is 139 cm³/mol. The van der Waals surface area contributed by atoms with E-state index in [1.165, 1.54) is 13.2 Å². The summed E-state index contributed by atoms with van der Waals surface area (Å²) >= 11 is 0. The number of halogens is 1. The summed E-state index contributed by atoms with van der Waals surface area (Å²) < 4.78 is 26.6. The molecule has 0 amide bonds. The molecule has 1 fully saturated rings. The Balaban J connectivity index is 1.23. The molecular weight excluding hydrogens is 473 g/mol. The summed E-state index contributed by atoms with van der Waals surface area (Å²) in [5.41, 5.74) is 3.95. The lowest BCUT2D eigenvalue weighted by molar-refractivity contribution is 0.122. The molecule has 0 saturated carbocycles. The number of methoxy groups -OCH3 is 1. The third kappa shape index (κ3) is 4.66. The number of nitrogens with one attached hydrogen (secondary N) is 1. The van der Waals surface area contributed by atoms with E-state index < -0.39 is 5.82 Å². The van der Waals surface area contributed by atoms with Gasteiger partial charge in [0.1, 0.15) is 6.33 Å². The van der Waals surface area contributed by atoms with Crippen LogP contribution >= 0.6 is 0 Å². The second-order valence-corrected chi connectivity index (χ2v) is 8.55. The molecule has 1 N–H and O–H groups in total. The van der Waals surface area contributed by atoms with E-state index in [2.05, 4.69) is 25.3 Å². The molecular formula is C27H24FN7O2. The van der Waals surface area contributed by atoms with E-state index >= 15 is 0 Å². The van der Waals surface area contributed by atoms with E-state index in [1.807, 2.05) is 48.5 Å². The lowest BCUT2D eigenvalue weighted by atomic mass is 10.0. The average Bonchev–Trinajstić information content (AvgIpc) is 3.44. The van der Waals surface area contributed by atoms with Gasteiger partial charge in [0.2, 0.25) is 11.9 Å². The van der Waals surface area contributed by atoms with Crippen molar-refractivity contribution in [3.05, 3.63) is 79.0 Å². The normalized spacial score (nSPS) is 13.6. The number of benzene rings is 3. The highest BCUT2D eigenvalue weighted by Gasteiger charge is 2.15. The van der Waals surface area contributed by atoms with Crippen LogP contribution in [0.5, 0.6) is 5.75 Å². The Morgan fingerprint density at radius 1 is 1.00 bits per heavy atom. The predicted octanol–water partition coefficient (Wildman–Crippen LogP) is 4.61. The van der Waals surface area contributed by atoms with Crippen LogP contribution in [0, 0.1) is 5.82 Å². The number of para-hydroxylation sites is 1. The maximum Gasteiger partial charge on any atom is 0.245 e. The van der Waals surface area contributed by atoms with Crippen LogP contribution in [0.2, 0.25) is 0 Å². The third-order valence-electron chi connectivity index (χ3n) is 6.24. The Morgan fingerprint density at radius 3 is 2.62 bits per heavy atom. The van der Waals surface area contributed by atoms with Crippen LogP contribution in [0.4, 0.5) is 22.0 Å². The molecule has 0 radical (unpaired) electrons. The number of morpholine rings is 1. The molecule has 3 aromatic carbocycles.